The molecular formula is C11H14ClN3S. The van der Waals surface area contributed by atoms with E-state index in [1.54, 1.807) is 17.5 Å². The first-order valence-electron chi connectivity index (χ1n) is 5.09. The molecule has 16 heavy (non-hydrogen) atoms. The van der Waals surface area contributed by atoms with E-state index in [0.29, 0.717) is 5.02 Å². The molecule has 3 nitrogen and oxygen atoms in total. The highest BCUT2D eigenvalue weighted by Gasteiger charge is 2.20. The molecule has 0 aliphatic rings. The average molecular weight is 256 g/mol. The monoisotopic (exact) mass is 255 g/mol. The van der Waals surface area contributed by atoms with Gasteiger partial charge < -0.3 is 5.73 Å². The molecule has 2 N–H and O–H groups in total. The summed E-state index contributed by atoms with van der Waals surface area (Å²) in [6, 6.07) is 4.25. The normalized spacial score (nSPS) is 15.0. The Morgan fingerprint density at radius 2 is 2.25 bits per heavy atom. The number of halogens is 1. The second-order valence-electron chi connectivity index (χ2n) is 3.89. The third kappa shape index (κ3) is 2.29. The first-order valence-corrected chi connectivity index (χ1v) is 6.29. The lowest BCUT2D eigenvalue weighted by Gasteiger charge is -2.19. The standard InChI is InChI=1S/C11H14ClN3S/c1-7-3-4-10(16-7)11(8(2)13)15-6-9(12)5-14-15/h3-6,8,11H,13H2,1-2H3. The summed E-state index contributed by atoms with van der Waals surface area (Å²) in [7, 11) is 0. The van der Waals surface area contributed by atoms with Gasteiger partial charge >= 0.3 is 0 Å². The van der Waals surface area contributed by atoms with Crippen LogP contribution in [-0.4, -0.2) is 15.8 Å². The molecule has 86 valence electrons. The van der Waals surface area contributed by atoms with E-state index >= 15 is 0 Å². The first-order chi connectivity index (χ1) is 7.58. The Labute approximate surface area is 104 Å². The molecule has 5 heteroatoms. The summed E-state index contributed by atoms with van der Waals surface area (Å²) >= 11 is 7.63. The fourth-order valence-corrected chi connectivity index (χ4v) is 2.94. The number of hydrogen-bond acceptors (Lipinski definition) is 3. The maximum atomic E-state index is 6.02. The molecule has 0 bridgehead atoms. The third-order valence-electron chi connectivity index (χ3n) is 2.41. The van der Waals surface area contributed by atoms with Crippen LogP contribution >= 0.6 is 22.9 Å². The maximum absolute atomic E-state index is 6.02. The number of nitrogens with zero attached hydrogens (tertiary/aromatic N) is 2. The molecule has 0 aliphatic heterocycles. The van der Waals surface area contributed by atoms with Crippen LogP contribution in [0.25, 0.3) is 0 Å². The van der Waals surface area contributed by atoms with Gasteiger partial charge in [0.2, 0.25) is 0 Å². The number of aryl methyl sites for hydroxylation is 1. The lowest BCUT2D eigenvalue weighted by Crippen LogP contribution is -2.29. The van der Waals surface area contributed by atoms with E-state index in [0.717, 1.165) is 0 Å². The number of aromatic nitrogens is 2. The Hall–Kier alpha value is -0.840. The molecule has 2 rings (SSSR count). The molecule has 2 heterocycles. The van der Waals surface area contributed by atoms with Gasteiger partial charge in [-0.15, -0.1) is 11.3 Å². The van der Waals surface area contributed by atoms with Crippen molar-refractivity contribution in [1.82, 2.24) is 9.78 Å². The Morgan fingerprint density at radius 3 is 2.69 bits per heavy atom. The van der Waals surface area contributed by atoms with E-state index in [-0.39, 0.29) is 12.1 Å². The van der Waals surface area contributed by atoms with Crippen molar-refractivity contribution in [1.29, 1.82) is 0 Å². The van der Waals surface area contributed by atoms with Crippen LogP contribution in [0.4, 0.5) is 0 Å². The first kappa shape index (κ1) is 11.6. The molecule has 0 aliphatic carbocycles. The molecule has 2 aromatic heterocycles. The second-order valence-corrected chi connectivity index (χ2v) is 5.65. The van der Waals surface area contributed by atoms with Crippen LogP contribution in [0.2, 0.25) is 5.02 Å². The topological polar surface area (TPSA) is 43.8 Å². The van der Waals surface area contributed by atoms with Gasteiger partial charge in [0.1, 0.15) is 6.04 Å². The largest absolute Gasteiger partial charge is 0.326 e. The van der Waals surface area contributed by atoms with Gasteiger partial charge in [-0.2, -0.15) is 5.10 Å². The minimum Gasteiger partial charge on any atom is -0.326 e. The lowest BCUT2D eigenvalue weighted by molar-refractivity contribution is 0.460. The smallest absolute Gasteiger partial charge is 0.101 e. The predicted molar refractivity (Wildman–Crippen MR) is 68.1 cm³/mol. The van der Waals surface area contributed by atoms with Crippen LogP contribution in [0.1, 0.15) is 22.7 Å². The van der Waals surface area contributed by atoms with Crippen molar-refractivity contribution in [2.24, 2.45) is 5.73 Å². The van der Waals surface area contributed by atoms with Crippen LogP contribution < -0.4 is 5.73 Å². The van der Waals surface area contributed by atoms with E-state index in [2.05, 4.69) is 24.2 Å². The summed E-state index contributed by atoms with van der Waals surface area (Å²) < 4.78 is 1.83. The van der Waals surface area contributed by atoms with Crippen molar-refractivity contribution in [3.63, 3.8) is 0 Å². The van der Waals surface area contributed by atoms with Crippen LogP contribution in [0.15, 0.2) is 24.5 Å². The predicted octanol–water partition coefficient (Wildman–Crippen LogP) is 2.84. The maximum Gasteiger partial charge on any atom is 0.101 e. The number of thiophene rings is 1. The van der Waals surface area contributed by atoms with E-state index in [1.165, 1.54) is 9.75 Å². The van der Waals surface area contributed by atoms with Gasteiger partial charge in [-0.1, -0.05) is 11.6 Å². The Morgan fingerprint density at radius 1 is 1.50 bits per heavy atom. The molecular weight excluding hydrogens is 242 g/mol. The highest BCUT2D eigenvalue weighted by Crippen LogP contribution is 2.28. The molecule has 0 radical (unpaired) electrons. The van der Waals surface area contributed by atoms with Crippen molar-refractivity contribution in [2.45, 2.75) is 25.9 Å². The summed E-state index contributed by atoms with van der Waals surface area (Å²) in [6.07, 6.45) is 3.45. The SMILES string of the molecule is Cc1ccc(C(C(C)N)n2cc(Cl)cn2)s1. The van der Waals surface area contributed by atoms with Crippen LogP contribution in [0.5, 0.6) is 0 Å². The zero-order valence-electron chi connectivity index (χ0n) is 9.22. The minimum atomic E-state index is -0.00554. The van der Waals surface area contributed by atoms with Gasteiger partial charge in [-0.3, -0.25) is 4.68 Å². The van der Waals surface area contributed by atoms with Crippen molar-refractivity contribution in [2.75, 3.05) is 0 Å². The molecule has 0 amide bonds. The van der Waals surface area contributed by atoms with Crippen molar-refractivity contribution in [3.8, 4) is 0 Å². The fraction of sp³-hybridized carbons (Fsp3) is 0.364. The quantitative estimate of drug-likeness (QED) is 0.917. The molecule has 0 aromatic carbocycles. The van der Waals surface area contributed by atoms with Crippen molar-refractivity contribution >= 4 is 22.9 Å². The second kappa shape index (κ2) is 4.57. The Balaban J connectivity index is 2.38. The number of hydrogen-bond donors (Lipinski definition) is 1. The van der Waals surface area contributed by atoms with Crippen LogP contribution in [-0.2, 0) is 0 Å². The Kier molecular flexibility index (Phi) is 3.33. The van der Waals surface area contributed by atoms with E-state index in [9.17, 15) is 0 Å². The van der Waals surface area contributed by atoms with E-state index < -0.39 is 0 Å². The third-order valence-corrected chi connectivity index (χ3v) is 3.67. The summed E-state index contributed by atoms with van der Waals surface area (Å²) in [5, 5.41) is 4.87. The summed E-state index contributed by atoms with van der Waals surface area (Å²) in [6.45, 7) is 4.07. The summed E-state index contributed by atoms with van der Waals surface area (Å²) in [5.74, 6) is 0. The molecule has 2 atom stereocenters. The summed E-state index contributed by atoms with van der Waals surface area (Å²) in [5.41, 5.74) is 6.02. The van der Waals surface area contributed by atoms with Gasteiger partial charge in [0.15, 0.2) is 0 Å². The van der Waals surface area contributed by atoms with Gasteiger partial charge in [-0.25, -0.2) is 0 Å². The fourth-order valence-electron chi connectivity index (χ4n) is 1.71. The van der Waals surface area contributed by atoms with Gasteiger partial charge in [0.25, 0.3) is 0 Å². The van der Waals surface area contributed by atoms with Crippen LogP contribution in [0, 0.1) is 6.92 Å². The zero-order chi connectivity index (χ0) is 11.7. The van der Waals surface area contributed by atoms with Crippen molar-refractivity contribution < 1.29 is 0 Å². The minimum absolute atomic E-state index is 0.00554. The van der Waals surface area contributed by atoms with E-state index in [1.807, 2.05) is 17.8 Å². The molecule has 0 fully saturated rings. The average Bonchev–Trinajstić information content (AvgIpc) is 2.76. The van der Waals surface area contributed by atoms with E-state index in [4.69, 9.17) is 17.3 Å². The zero-order valence-corrected chi connectivity index (χ0v) is 10.8. The highest BCUT2D eigenvalue weighted by atomic mass is 35.5. The molecule has 2 aromatic rings. The molecule has 0 saturated heterocycles. The molecule has 0 spiro atoms. The van der Waals surface area contributed by atoms with Gasteiger partial charge in [-0.05, 0) is 26.0 Å². The van der Waals surface area contributed by atoms with Crippen molar-refractivity contribution in [3.05, 3.63) is 39.3 Å². The lowest BCUT2D eigenvalue weighted by atomic mass is 10.1. The summed E-state index contributed by atoms with van der Waals surface area (Å²) in [4.78, 5) is 2.49. The highest BCUT2D eigenvalue weighted by molar-refractivity contribution is 7.12. The van der Waals surface area contributed by atoms with Gasteiger partial charge in [0.05, 0.1) is 11.2 Å². The number of rotatable bonds is 3. The number of nitrogens with two attached hydrogens (primary N) is 1. The molecule has 0 saturated carbocycles. The van der Waals surface area contributed by atoms with Gasteiger partial charge in [0, 0.05) is 22.0 Å². The molecule has 2 unspecified atom stereocenters. The Bertz CT molecular complexity index is 435. The van der Waals surface area contributed by atoms with Crippen LogP contribution in [0.3, 0.4) is 0 Å².